The van der Waals surface area contributed by atoms with Crippen LogP contribution in [0.4, 0.5) is 11.4 Å². The highest BCUT2D eigenvalue weighted by Crippen LogP contribution is 2.31. The van der Waals surface area contributed by atoms with Gasteiger partial charge in [-0.3, -0.25) is 0 Å². The van der Waals surface area contributed by atoms with Crippen LogP contribution in [-0.4, -0.2) is 12.1 Å². The van der Waals surface area contributed by atoms with Crippen LogP contribution in [0.5, 0.6) is 0 Å². The molecule has 2 saturated carbocycles. The summed E-state index contributed by atoms with van der Waals surface area (Å²) in [5.74, 6) is 0. The van der Waals surface area contributed by atoms with Crippen molar-refractivity contribution in [3.8, 4) is 0 Å². The molecule has 2 heteroatoms. The summed E-state index contributed by atoms with van der Waals surface area (Å²) in [6.45, 7) is 4.34. The molecule has 0 aliphatic heterocycles. The molecule has 0 heterocycles. The Bertz CT molecular complexity index is 549. The molecule has 2 aliphatic rings. The van der Waals surface area contributed by atoms with E-state index in [-0.39, 0.29) is 0 Å². The van der Waals surface area contributed by atoms with Gasteiger partial charge < -0.3 is 10.6 Å². The minimum atomic E-state index is 0.646. The highest BCUT2D eigenvalue weighted by atomic mass is 14.9. The van der Waals surface area contributed by atoms with E-state index in [9.17, 15) is 0 Å². The molecule has 0 aromatic heterocycles. The van der Waals surface area contributed by atoms with E-state index in [1.54, 1.807) is 0 Å². The summed E-state index contributed by atoms with van der Waals surface area (Å²) < 4.78 is 0. The van der Waals surface area contributed by atoms with E-state index in [0.717, 1.165) is 0 Å². The van der Waals surface area contributed by atoms with E-state index >= 15 is 0 Å². The molecule has 3 rings (SSSR count). The van der Waals surface area contributed by atoms with Crippen molar-refractivity contribution in [2.45, 2.75) is 90.1 Å². The highest BCUT2D eigenvalue weighted by molar-refractivity contribution is 5.74. The molecular weight excluding hydrogens is 292 g/mol. The first kappa shape index (κ1) is 17.4. The first-order valence-electron chi connectivity index (χ1n) is 10.1. The van der Waals surface area contributed by atoms with Crippen molar-refractivity contribution in [2.75, 3.05) is 10.6 Å². The lowest BCUT2D eigenvalue weighted by molar-refractivity contribution is 0.461. The first-order valence-corrected chi connectivity index (χ1v) is 10.1. The number of hydrogen-bond acceptors (Lipinski definition) is 2. The molecule has 0 amide bonds. The summed E-state index contributed by atoms with van der Waals surface area (Å²) in [7, 11) is 0. The van der Waals surface area contributed by atoms with Crippen molar-refractivity contribution >= 4 is 17.5 Å². The van der Waals surface area contributed by atoms with Crippen LogP contribution >= 0.6 is 0 Å². The van der Waals surface area contributed by atoms with E-state index in [1.807, 2.05) is 0 Å². The van der Waals surface area contributed by atoms with Gasteiger partial charge in [0, 0.05) is 23.5 Å². The van der Waals surface area contributed by atoms with Gasteiger partial charge in [0.25, 0.3) is 0 Å². The van der Waals surface area contributed by atoms with E-state index in [2.05, 4.69) is 48.8 Å². The molecular formula is C22H34N2. The molecule has 0 atom stereocenters. The highest BCUT2D eigenvalue weighted by Gasteiger charge is 2.17. The lowest BCUT2D eigenvalue weighted by Gasteiger charge is -2.28. The SMILES string of the molecule is CC=Cc1cc(C)c(NC2CCCCC2)cc1NC1CCCCC1. The second-order valence-electron chi connectivity index (χ2n) is 7.71. The molecule has 0 unspecified atom stereocenters. The Labute approximate surface area is 148 Å². The van der Waals surface area contributed by atoms with Crippen LogP contribution in [0, 0.1) is 6.92 Å². The Morgan fingerprint density at radius 1 is 0.792 bits per heavy atom. The molecule has 1 aromatic carbocycles. The van der Waals surface area contributed by atoms with Crippen LogP contribution in [0.25, 0.3) is 6.08 Å². The van der Waals surface area contributed by atoms with Gasteiger partial charge >= 0.3 is 0 Å². The van der Waals surface area contributed by atoms with Crippen LogP contribution in [0.2, 0.25) is 0 Å². The lowest BCUT2D eigenvalue weighted by Crippen LogP contribution is -2.24. The molecule has 2 nitrogen and oxygen atoms in total. The summed E-state index contributed by atoms with van der Waals surface area (Å²) in [5.41, 5.74) is 5.33. The Morgan fingerprint density at radius 3 is 1.88 bits per heavy atom. The van der Waals surface area contributed by atoms with Crippen LogP contribution < -0.4 is 10.6 Å². The summed E-state index contributed by atoms with van der Waals surface area (Å²) in [4.78, 5) is 0. The Morgan fingerprint density at radius 2 is 1.33 bits per heavy atom. The minimum Gasteiger partial charge on any atom is -0.382 e. The molecule has 2 fully saturated rings. The van der Waals surface area contributed by atoms with Crippen molar-refractivity contribution < 1.29 is 0 Å². The molecule has 1 aromatic rings. The predicted octanol–water partition coefficient (Wildman–Crippen LogP) is 6.52. The Hall–Kier alpha value is -1.44. The number of aryl methyl sites for hydroxylation is 1. The zero-order chi connectivity index (χ0) is 16.8. The molecule has 0 saturated heterocycles. The summed E-state index contributed by atoms with van der Waals surface area (Å²) in [5, 5.41) is 7.68. The molecule has 0 spiro atoms. The number of rotatable bonds is 5. The second kappa shape index (κ2) is 8.60. The molecule has 0 bridgehead atoms. The summed E-state index contributed by atoms with van der Waals surface area (Å²) in [6, 6.07) is 6.02. The van der Waals surface area contributed by atoms with Gasteiger partial charge in [-0.05, 0) is 62.8 Å². The monoisotopic (exact) mass is 326 g/mol. The van der Waals surface area contributed by atoms with Crippen LogP contribution in [0.1, 0.15) is 82.3 Å². The third-order valence-corrected chi connectivity index (χ3v) is 5.67. The number of anilines is 2. The third-order valence-electron chi connectivity index (χ3n) is 5.67. The molecule has 2 N–H and O–H groups in total. The van der Waals surface area contributed by atoms with Crippen LogP contribution in [0.15, 0.2) is 18.2 Å². The lowest BCUT2D eigenvalue weighted by atomic mass is 9.94. The average Bonchev–Trinajstić information content (AvgIpc) is 2.61. The maximum Gasteiger partial charge on any atom is 0.0436 e. The predicted molar refractivity (Wildman–Crippen MR) is 107 cm³/mol. The topological polar surface area (TPSA) is 24.1 Å². The zero-order valence-electron chi connectivity index (χ0n) is 15.5. The number of hydrogen-bond donors (Lipinski definition) is 2. The van der Waals surface area contributed by atoms with Crippen LogP contribution in [-0.2, 0) is 0 Å². The van der Waals surface area contributed by atoms with Gasteiger partial charge in [-0.25, -0.2) is 0 Å². The van der Waals surface area contributed by atoms with Gasteiger partial charge in [-0.1, -0.05) is 50.7 Å². The van der Waals surface area contributed by atoms with Crippen molar-refractivity contribution in [3.63, 3.8) is 0 Å². The third kappa shape index (κ3) is 4.55. The molecule has 0 radical (unpaired) electrons. The summed E-state index contributed by atoms with van der Waals surface area (Å²) >= 11 is 0. The first-order chi connectivity index (χ1) is 11.8. The van der Waals surface area contributed by atoms with E-state index < -0.39 is 0 Å². The zero-order valence-corrected chi connectivity index (χ0v) is 15.5. The van der Waals surface area contributed by atoms with E-state index in [4.69, 9.17) is 0 Å². The van der Waals surface area contributed by atoms with Gasteiger partial charge in [-0.15, -0.1) is 0 Å². The van der Waals surface area contributed by atoms with Gasteiger partial charge in [-0.2, -0.15) is 0 Å². The van der Waals surface area contributed by atoms with Gasteiger partial charge in [0.15, 0.2) is 0 Å². The fourth-order valence-electron chi connectivity index (χ4n) is 4.26. The molecule has 2 aliphatic carbocycles. The van der Waals surface area contributed by atoms with Crippen LogP contribution in [0.3, 0.4) is 0 Å². The average molecular weight is 327 g/mol. The van der Waals surface area contributed by atoms with E-state index in [0.29, 0.717) is 12.1 Å². The summed E-state index contributed by atoms with van der Waals surface area (Å²) in [6.07, 6.45) is 18.0. The number of allylic oxidation sites excluding steroid dienone is 1. The Balaban J connectivity index is 1.79. The van der Waals surface area contributed by atoms with Gasteiger partial charge in [0.2, 0.25) is 0 Å². The minimum absolute atomic E-state index is 0.646. The van der Waals surface area contributed by atoms with Gasteiger partial charge in [0.05, 0.1) is 0 Å². The fourth-order valence-corrected chi connectivity index (χ4v) is 4.26. The molecule has 132 valence electrons. The number of benzene rings is 1. The van der Waals surface area contributed by atoms with Crippen molar-refractivity contribution in [1.82, 2.24) is 0 Å². The Kier molecular flexibility index (Phi) is 6.23. The largest absolute Gasteiger partial charge is 0.382 e. The smallest absolute Gasteiger partial charge is 0.0436 e. The standard InChI is InChI=1S/C22H34N2/c1-3-10-18-15-17(2)21(23-19-11-6-4-7-12-19)16-22(18)24-20-13-8-5-9-14-20/h3,10,15-16,19-20,23-24H,4-9,11-14H2,1-2H3. The second-order valence-corrected chi connectivity index (χ2v) is 7.71. The van der Waals surface area contributed by atoms with E-state index in [1.165, 1.54) is 86.7 Å². The fraction of sp³-hybridized carbons (Fsp3) is 0.636. The van der Waals surface area contributed by atoms with Crippen molar-refractivity contribution in [1.29, 1.82) is 0 Å². The maximum absolute atomic E-state index is 3.85. The normalized spacial score (nSPS) is 20.4. The number of nitrogens with one attached hydrogen (secondary N) is 2. The van der Waals surface area contributed by atoms with Gasteiger partial charge in [0.1, 0.15) is 0 Å². The quantitative estimate of drug-likeness (QED) is 0.644. The maximum atomic E-state index is 3.85. The van der Waals surface area contributed by atoms with Crippen molar-refractivity contribution in [2.24, 2.45) is 0 Å². The molecule has 24 heavy (non-hydrogen) atoms. The van der Waals surface area contributed by atoms with Crippen molar-refractivity contribution in [3.05, 3.63) is 29.3 Å².